The third-order valence-electron chi connectivity index (χ3n) is 3.68. The van der Waals surface area contributed by atoms with Crippen LogP contribution in [-0.4, -0.2) is 29.5 Å². The fraction of sp³-hybridized carbons (Fsp3) is 0.333. The monoisotopic (exact) mass is 359 g/mol. The Bertz CT molecular complexity index is 826. The molecule has 0 fully saturated rings. The highest BCUT2D eigenvalue weighted by Gasteiger charge is 2.37. The van der Waals surface area contributed by atoms with Crippen LogP contribution in [0.1, 0.15) is 36.9 Å². The first kappa shape index (κ1) is 19.2. The molecule has 2 rings (SSSR count). The first-order chi connectivity index (χ1) is 12.3. The fourth-order valence-electron chi connectivity index (χ4n) is 2.06. The number of ether oxygens (including phenoxy) is 1. The van der Waals surface area contributed by atoms with Crippen LogP contribution in [0.15, 0.2) is 34.9 Å². The summed E-state index contributed by atoms with van der Waals surface area (Å²) in [6, 6.07) is 7.98. The van der Waals surface area contributed by atoms with E-state index in [-0.39, 0.29) is 23.7 Å². The summed E-state index contributed by atoms with van der Waals surface area (Å²) in [5.74, 6) is -0.932. The van der Waals surface area contributed by atoms with Crippen molar-refractivity contribution in [3.63, 3.8) is 0 Å². The van der Waals surface area contributed by atoms with E-state index in [1.165, 1.54) is 13.8 Å². The van der Waals surface area contributed by atoms with Gasteiger partial charge in [-0.15, -0.1) is 0 Å². The molecule has 26 heavy (non-hydrogen) atoms. The molecule has 0 unspecified atom stereocenters. The largest absolute Gasteiger partial charge is 0.462 e. The van der Waals surface area contributed by atoms with Crippen molar-refractivity contribution in [1.82, 2.24) is 5.16 Å². The zero-order chi connectivity index (χ0) is 19.3. The van der Waals surface area contributed by atoms with Crippen LogP contribution in [0.25, 0.3) is 0 Å². The number of para-hydroxylation sites is 1. The molecule has 0 aliphatic carbocycles. The highest BCUT2D eigenvalue weighted by Crippen LogP contribution is 2.23. The zero-order valence-electron chi connectivity index (χ0n) is 15.1. The van der Waals surface area contributed by atoms with Crippen molar-refractivity contribution in [2.24, 2.45) is 5.41 Å². The molecule has 0 saturated heterocycles. The average Bonchev–Trinajstić information content (AvgIpc) is 3.00. The smallest absolute Gasteiger partial charge is 0.340 e. The Labute approximate surface area is 150 Å². The molecule has 2 N–H and O–H groups in total. The lowest BCUT2D eigenvalue weighted by molar-refractivity contribution is -0.135. The van der Waals surface area contributed by atoms with E-state index in [0.717, 1.165) is 0 Å². The number of anilines is 2. The van der Waals surface area contributed by atoms with Crippen LogP contribution >= 0.6 is 0 Å². The van der Waals surface area contributed by atoms with Gasteiger partial charge in [0.15, 0.2) is 5.82 Å². The second-order valence-electron chi connectivity index (χ2n) is 6.12. The summed E-state index contributed by atoms with van der Waals surface area (Å²) in [4.78, 5) is 37.1. The predicted molar refractivity (Wildman–Crippen MR) is 94.7 cm³/mol. The third-order valence-corrected chi connectivity index (χ3v) is 3.68. The second-order valence-corrected chi connectivity index (χ2v) is 6.12. The van der Waals surface area contributed by atoms with Gasteiger partial charge in [0.2, 0.25) is 11.8 Å². The molecular weight excluding hydrogens is 338 g/mol. The van der Waals surface area contributed by atoms with Gasteiger partial charge in [0.1, 0.15) is 11.2 Å². The first-order valence-corrected chi connectivity index (χ1v) is 8.08. The quantitative estimate of drug-likeness (QED) is 0.606. The van der Waals surface area contributed by atoms with Gasteiger partial charge in [-0.25, -0.2) is 4.79 Å². The zero-order valence-corrected chi connectivity index (χ0v) is 15.1. The summed E-state index contributed by atoms with van der Waals surface area (Å²) >= 11 is 0. The van der Waals surface area contributed by atoms with Gasteiger partial charge in [0.05, 0.1) is 17.9 Å². The van der Waals surface area contributed by atoms with E-state index in [1.807, 2.05) is 0 Å². The molecular formula is C18H21N3O5. The fourth-order valence-corrected chi connectivity index (χ4v) is 2.06. The van der Waals surface area contributed by atoms with Crippen molar-refractivity contribution in [2.45, 2.75) is 27.7 Å². The number of aromatic nitrogens is 1. The maximum Gasteiger partial charge on any atom is 0.340 e. The molecule has 0 saturated carbocycles. The van der Waals surface area contributed by atoms with E-state index < -0.39 is 23.2 Å². The number of nitrogens with one attached hydrogen (secondary N) is 2. The van der Waals surface area contributed by atoms with Crippen molar-refractivity contribution in [2.75, 3.05) is 17.2 Å². The van der Waals surface area contributed by atoms with Crippen LogP contribution in [0.5, 0.6) is 0 Å². The van der Waals surface area contributed by atoms with Crippen molar-refractivity contribution in [3.8, 4) is 0 Å². The van der Waals surface area contributed by atoms with Crippen molar-refractivity contribution in [1.29, 1.82) is 0 Å². The van der Waals surface area contributed by atoms with Gasteiger partial charge in [-0.2, -0.15) is 0 Å². The van der Waals surface area contributed by atoms with E-state index in [0.29, 0.717) is 5.76 Å². The van der Waals surface area contributed by atoms with Gasteiger partial charge in [-0.3, -0.25) is 9.59 Å². The van der Waals surface area contributed by atoms with E-state index in [2.05, 4.69) is 15.8 Å². The van der Waals surface area contributed by atoms with Crippen molar-refractivity contribution < 1.29 is 23.6 Å². The van der Waals surface area contributed by atoms with Crippen molar-refractivity contribution >= 4 is 29.3 Å². The van der Waals surface area contributed by atoms with Gasteiger partial charge in [-0.1, -0.05) is 17.3 Å². The molecule has 1 aromatic heterocycles. The standard InChI is InChI=1S/C18H21N3O5/c1-5-25-15(22)12-8-6-7-9-13(12)19-16(23)18(3,4)17(24)20-14-10-11(2)26-21-14/h6-10H,5H2,1-4H3,(H,19,23)(H,20,21,24). The van der Waals surface area contributed by atoms with Gasteiger partial charge >= 0.3 is 5.97 Å². The third kappa shape index (κ3) is 4.27. The molecule has 0 spiro atoms. The number of aryl methyl sites for hydroxylation is 1. The first-order valence-electron chi connectivity index (χ1n) is 8.08. The second kappa shape index (κ2) is 7.81. The normalized spacial score (nSPS) is 10.9. The highest BCUT2D eigenvalue weighted by atomic mass is 16.5. The summed E-state index contributed by atoms with van der Waals surface area (Å²) in [5, 5.41) is 8.82. The summed E-state index contributed by atoms with van der Waals surface area (Å²) in [7, 11) is 0. The molecule has 138 valence electrons. The number of hydrogen-bond acceptors (Lipinski definition) is 6. The van der Waals surface area contributed by atoms with Crippen LogP contribution in [-0.2, 0) is 14.3 Å². The van der Waals surface area contributed by atoms with E-state index >= 15 is 0 Å². The van der Waals surface area contributed by atoms with Crippen molar-refractivity contribution in [3.05, 3.63) is 41.7 Å². The maximum absolute atomic E-state index is 12.6. The number of nitrogens with zero attached hydrogens (tertiary/aromatic N) is 1. The van der Waals surface area contributed by atoms with Gasteiger partial charge < -0.3 is 19.9 Å². The minimum atomic E-state index is -1.42. The molecule has 2 amide bonds. The Morgan fingerprint density at radius 3 is 2.42 bits per heavy atom. The minimum absolute atomic E-state index is 0.214. The van der Waals surface area contributed by atoms with E-state index in [1.54, 1.807) is 44.2 Å². The molecule has 1 heterocycles. The van der Waals surface area contributed by atoms with Gasteiger partial charge in [-0.05, 0) is 39.8 Å². The summed E-state index contributed by atoms with van der Waals surface area (Å²) < 4.78 is 9.86. The molecule has 0 aliphatic heterocycles. The lowest BCUT2D eigenvalue weighted by Gasteiger charge is -2.22. The van der Waals surface area contributed by atoms with Crippen LogP contribution in [0.3, 0.4) is 0 Å². The average molecular weight is 359 g/mol. The number of amides is 2. The SMILES string of the molecule is CCOC(=O)c1ccccc1NC(=O)C(C)(C)C(=O)Nc1cc(C)on1. The Balaban J connectivity index is 2.15. The minimum Gasteiger partial charge on any atom is -0.462 e. The summed E-state index contributed by atoms with van der Waals surface area (Å²) in [6.45, 7) is 6.53. The number of esters is 1. The Hall–Kier alpha value is -3.16. The number of carbonyl (C=O) groups excluding carboxylic acids is 3. The van der Waals surface area contributed by atoms with E-state index in [4.69, 9.17) is 9.26 Å². The summed E-state index contributed by atoms with van der Waals surface area (Å²) in [5.41, 5.74) is -0.936. The van der Waals surface area contributed by atoms with E-state index in [9.17, 15) is 14.4 Å². The molecule has 2 aromatic rings. The lowest BCUT2D eigenvalue weighted by Crippen LogP contribution is -2.41. The van der Waals surface area contributed by atoms with Gasteiger partial charge in [0, 0.05) is 6.07 Å². The topological polar surface area (TPSA) is 111 Å². The van der Waals surface area contributed by atoms with Crippen LogP contribution in [0.2, 0.25) is 0 Å². The summed E-state index contributed by atoms with van der Waals surface area (Å²) in [6.07, 6.45) is 0. The lowest BCUT2D eigenvalue weighted by atomic mass is 9.90. The Morgan fingerprint density at radius 2 is 1.81 bits per heavy atom. The molecule has 1 aromatic carbocycles. The molecule has 0 radical (unpaired) electrons. The number of rotatable bonds is 6. The number of carbonyl (C=O) groups is 3. The molecule has 0 aliphatic rings. The number of benzene rings is 1. The van der Waals surface area contributed by atoms with Crippen LogP contribution in [0.4, 0.5) is 11.5 Å². The van der Waals surface area contributed by atoms with Gasteiger partial charge in [0.25, 0.3) is 0 Å². The predicted octanol–water partition coefficient (Wildman–Crippen LogP) is 2.76. The Morgan fingerprint density at radius 1 is 1.15 bits per heavy atom. The highest BCUT2D eigenvalue weighted by molar-refractivity contribution is 6.14. The molecule has 8 heteroatoms. The van der Waals surface area contributed by atoms with Crippen LogP contribution < -0.4 is 10.6 Å². The Kier molecular flexibility index (Phi) is 5.76. The number of hydrogen-bond donors (Lipinski definition) is 2. The molecule has 0 bridgehead atoms. The molecule has 0 atom stereocenters. The maximum atomic E-state index is 12.6. The molecule has 8 nitrogen and oxygen atoms in total. The van der Waals surface area contributed by atoms with Crippen LogP contribution in [0, 0.1) is 12.3 Å².